The fraction of sp³-hybridized carbons (Fsp3) is 0.400. The van der Waals surface area contributed by atoms with Crippen molar-refractivity contribution in [3.8, 4) is 0 Å². The first kappa shape index (κ1) is 104. The molecule has 4 radical (unpaired) electrons. The Morgan fingerprint density at radius 3 is 0.333 bits per heavy atom. The third-order valence-corrected chi connectivity index (χ3v) is 10.6. The number of carboxylic acids is 12. The van der Waals surface area contributed by atoms with Crippen LogP contribution >= 0.6 is 0 Å². The SMILES string of the molecule is CN(C)CCN(C)C.CN(C)CCN(C)C.CN(C)CCN(C)C.CN(C)CCN(C)C.O=C([O-])c1cc(C(=O)[O-])cc(C(=O)O)c1.O=C([O-])c1cc(C(=O)[O-])cc(C(=O)O)c1.O=C([O-])c1cc(C(=O)[O-])cc(C(=O)O)c1.O=C([O-])c1cc(C(=O)[O-])cc(C(=O)O)c1.[Cu+2].[Cu+2].[Cu+2].[Cu+2]. The van der Waals surface area contributed by atoms with Crippen LogP contribution in [0.2, 0.25) is 0 Å². The molecule has 0 amide bonds. The Kier molecular flexibility index (Phi) is 60.2. The summed E-state index contributed by atoms with van der Waals surface area (Å²) in [6.07, 6.45) is 0. The van der Waals surface area contributed by atoms with E-state index in [2.05, 4.69) is 152 Å². The van der Waals surface area contributed by atoms with Crippen LogP contribution in [0.1, 0.15) is 124 Å². The average Bonchev–Trinajstić information content (AvgIpc) is 3.45. The molecule has 4 N–H and O–H groups in total. The molecule has 0 saturated carbocycles. The number of rotatable bonds is 24. The molecule has 0 bridgehead atoms. The maximum atomic E-state index is 10.5. The number of likely N-dealkylation sites (N-methyl/N-ethyl adjacent to an activating group) is 8. The number of nitrogens with zero attached hydrogens (tertiary/aromatic N) is 8. The first-order valence-corrected chi connectivity index (χ1v) is 26.6. The van der Waals surface area contributed by atoms with E-state index in [0.29, 0.717) is 0 Å². The Bertz CT molecular complexity index is 2360. The normalized spacial score (nSPS) is 9.75. The third-order valence-electron chi connectivity index (χ3n) is 10.6. The average molecular weight is 1550 g/mol. The molecule has 0 unspecified atom stereocenters. The summed E-state index contributed by atoms with van der Waals surface area (Å²) in [5.41, 5.74) is -5.95. The van der Waals surface area contributed by atoms with E-state index in [1.54, 1.807) is 0 Å². The van der Waals surface area contributed by atoms with Gasteiger partial charge in [0.15, 0.2) is 0 Å². The van der Waals surface area contributed by atoms with Gasteiger partial charge < -0.3 is 139 Å². The largest absolute Gasteiger partial charge is 2.00 e. The maximum absolute atomic E-state index is 10.5. The molecule has 4 aromatic rings. The summed E-state index contributed by atoms with van der Waals surface area (Å²) < 4.78 is 0. The molecule has 0 aromatic heterocycles. The molecular weight excluding hydrogens is 1470 g/mol. The van der Waals surface area contributed by atoms with E-state index in [9.17, 15) is 98.4 Å². The zero-order valence-corrected chi connectivity index (χ0v) is 59.1. The molecule has 4 rings (SSSR count). The van der Waals surface area contributed by atoms with E-state index in [1.807, 2.05) is 0 Å². The second-order valence-corrected chi connectivity index (χ2v) is 21.1. The van der Waals surface area contributed by atoms with Gasteiger partial charge in [0.25, 0.3) is 0 Å². The van der Waals surface area contributed by atoms with E-state index in [0.717, 1.165) is 125 Å². The van der Waals surface area contributed by atoms with Crippen molar-refractivity contribution in [2.24, 2.45) is 0 Å². The smallest absolute Gasteiger partial charge is 0.545 e. The number of hydrogen-bond donors (Lipinski definition) is 4. The van der Waals surface area contributed by atoms with Crippen LogP contribution in [-0.2, 0) is 68.3 Å². The maximum Gasteiger partial charge on any atom is 2.00 e. The van der Waals surface area contributed by atoms with Crippen LogP contribution in [0, 0.1) is 0 Å². The van der Waals surface area contributed by atoms with Crippen molar-refractivity contribution in [2.45, 2.75) is 0 Å². The zero-order valence-electron chi connectivity index (χ0n) is 55.3. The predicted molar refractivity (Wildman–Crippen MR) is 317 cm³/mol. The minimum Gasteiger partial charge on any atom is -0.545 e. The van der Waals surface area contributed by atoms with E-state index in [4.69, 9.17) is 20.4 Å². The fourth-order valence-corrected chi connectivity index (χ4v) is 5.55. The zero-order chi connectivity index (χ0) is 72.6. The van der Waals surface area contributed by atoms with Gasteiger partial charge in [-0.15, -0.1) is 0 Å². The summed E-state index contributed by atoms with van der Waals surface area (Å²) in [6, 6.07) is 9.58. The van der Waals surface area contributed by atoms with Gasteiger partial charge in [0, 0.05) is 52.4 Å². The van der Waals surface area contributed by atoms with E-state index < -0.39 is 138 Å². The molecular formula is C60H80Cu4N8O24. The second-order valence-electron chi connectivity index (χ2n) is 21.1. The number of carboxylic acid groups (broad SMARTS) is 12. The molecule has 4 aromatic carbocycles. The van der Waals surface area contributed by atoms with Crippen LogP contribution < -0.4 is 40.9 Å². The van der Waals surface area contributed by atoms with Crippen LogP contribution in [0.25, 0.3) is 0 Å². The summed E-state index contributed by atoms with van der Waals surface area (Å²) in [6.45, 7) is 9.17. The Morgan fingerprint density at radius 2 is 0.281 bits per heavy atom. The van der Waals surface area contributed by atoms with Gasteiger partial charge >= 0.3 is 92.2 Å². The number of carbonyl (C=O) groups excluding carboxylic acids is 8. The number of benzene rings is 4. The van der Waals surface area contributed by atoms with Gasteiger partial charge in [0.05, 0.1) is 70.0 Å². The number of hydrogen-bond acceptors (Lipinski definition) is 28. The molecule has 32 nitrogen and oxygen atoms in total. The van der Waals surface area contributed by atoms with E-state index in [1.165, 1.54) is 0 Å². The summed E-state index contributed by atoms with van der Waals surface area (Å²) in [5, 5.41) is 118. The standard InChI is InChI=1S/4C9H6O6.4C6H16N2.4Cu/c4*10-7(11)4-1-5(8(12)13)3-6(2-4)9(14)15;4*1-7(2)5-6-8(3)4;;;;/h4*1-3H,(H,10,11)(H,12,13)(H,14,15);4*5-6H2,1-4H3;;;;/q;;;;;;;;4*+2/p-8. The molecule has 96 heavy (non-hydrogen) atoms. The minimum atomic E-state index is -1.65. The minimum absolute atomic E-state index is 0. The third kappa shape index (κ3) is 53.5. The molecule has 0 aliphatic rings. The van der Waals surface area contributed by atoms with Crippen molar-refractivity contribution < 1.29 is 187 Å². The van der Waals surface area contributed by atoms with Crippen molar-refractivity contribution in [2.75, 3.05) is 165 Å². The van der Waals surface area contributed by atoms with Crippen molar-refractivity contribution >= 4 is 71.6 Å². The van der Waals surface area contributed by atoms with Gasteiger partial charge in [-0.25, -0.2) is 19.2 Å². The van der Waals surface area contributed by atoms with Gasteiger partial charge in [-0.3, -0.25) is 0 Å². The van der Waals surface area contributed by atoms with Gasteiger partial charge in [-0.2, -0.15) is 0 Å². The van der Waals surface area contributed by atoms with E-state index >= 15 is 0 Å². The van der Waals surface area contributed by atoms with Crippen molar-refractivity contribution in [3.63, 3.8) is 0 Å². The molecule has 0 heterocycles. The first-order valence-electron chi connectivity index (χ1n) is 26.6. The topological polar surface area (TPSA) is 496 Å². The van der Waals surface area contributed by atoms with Gasteiger partial charge in [0.2, 0.25) is 0 Å². The molecule has 36 heteroatoms. The van der Waals surface area contributed by atoms with Crippen LogP contribution in [0.3, 0.4) is 0 Å². The van der Waals surface area contributed by atoms with Gasteiger partial charge in [0.1, 0.15) is 0 Å². The Balaban J connectivity index is -0.000000155. The van der Waals surface area contributed by atoms with Crippen LogP contribution in [0.4, 0.5) is 0 Å². The molecule has 0 fully saturated rings. The summed E-state index contributed by atoms with van der Waals surface area (Å²) in [7, 11) is 33.4. The summed E-state index contributed by atoms with van der Waals surface area (Å²) in [4.78, 5) is 143. The molecule has 0 atom stereocenters. The molecule has 0 aliphatic heterocycles. The van der Waals surface area contributed by atoms with Crippen LogP contribution in [0.15, 0.2) is 72.8 Å². The Labute approximate surface area is 599 Å². The van der Waals surface area contributed by atoms with Gasteiger partial charge in [-0.1, -0.05) is 0 Å². The van der Waals surface area contributed by atoms with Crippen molar-refractivity contribution in [3.05, 3.63) is 140 Å². The predicted octanol–water partition coefficient (Wildman–Crippen LogP) is -7.12. The number of carbonyl (C=O) groups is 12. The molecule has 0 spiro atoms. The van der Waals surface area contributed by atoms with Crippen LogP contribution in [0.5, 0.6) is 0 Å². The van der Waals surface area contributed by atoms with Gasteiger partial charge in [-0.05, 0) is 230 Å². The van der Waals surface area contributed by atoms with Crippen LogP contribution in [-0.4, -0.2) is 296 Å². The van der Waals surface area contributed by atoms with Crippen molar-refractivity contribution in [1.82, 2.24) is 39.2 Å². The van der Waals surface area contributed by atoms with E-state index in [-0.39, 0.29) is 68.3 Å². The Hall–Kier alpha value is -7.72. The summed E-state index contributed by atoms with van der Waals surface area (Å²) in [5.74, 6) is -18.9. The monoisotopic (exact) mass is 1550 g/mol. The Morgan fingerprint density at radius 1 is 0.208 bits per heavy atom. The fourth-order valence-electron chi connectivity index (χ4n) is 5.55. The second kappa shape index (κ2) is 55.4. The summed E-state index contributed by atoms with van der Waals surface area (Å²) >= 11 is 0. The number of aromatic carboxylic acids is 12. The first-order chi connectivity index (χ1) is 42.2. The van der Waals surface area contributed by atoms with Crippen molar-refractivity contribution in [1.29, 1.82) is 0 Å². The molecule has 548 valence electrons. The molecule has 0 saturated heterocycles. The molecule has 0 aliphatic carbocycles. The quantitative estimate of drug-likeness (QED) is 0.0474.